The molecule has 0 heterocycles. The zero-order chi connectivity index (χ0) is 20.9. The number of carbonyl (C=O) groups excluding carboxylic acids is 2. The van der Waals surface area contributed by atoms with Crippen LogP contribution in [0.3, 0.4) is 0 Å². The van der Waals surface area contributed by atoms with Crippen LogP contribution < -0.4 is 0 Å². The molecule has 0 radical (unpaired) electrons. The lowest BCUT2D eigenvalue weighted by Crippen LogP contribution is -2.20. The van der Waals surface area contributed by atoms with Crippen LogP contribution in [0, 0.1) is 0 Å². The number of phenols is 2. The molecule has 0 saturated carbocycles. The van der Waals surface area contributed by atoms with Gasteiger partial charge in [0, 0.05) is 12.2 Å². The maximum atomic E-state index is 12.0. The average Bonchev–Trinajstić information content (AvgIpc) is 2.59. The first kappa shape index (κ1) is 22.9. The lowest BCUT2D eigenvalue weighted by atomic mass is 10.2. The number of ether oxygens (including phenoxy) is 2. The Hall–Kier alpha value is -1.36. The Kier molecular flexibility index (Phi) is 7.72. The summed E-state index contributed by atoms with van der Waals surface area (Å²) in [6.07, 6.45) is 1.72. The largest absolute Gasteiger partial charge is 0.507 e. The van der Waals surface area contributed by atoms with Crippen molar-refractivity contribution in [1.29, 1.82) is 0 Å². The Bertz CT molecular complexity index is 837. The summed E-state index contributed by atoms with van der Waals surface area (Å²) < 4.78 is 7.36. The summed E-state index contributed by atoms with van der Waals surface area (Å²) in [5.41, 5.74) is 0.526. The summed E-state index contributed by atoms with van der Waals surface area (Å²) in [6.45, 7) is 0. The second kappa shape index (κ2) is 9.43. The topological polar surface area (TPSA) is 93.1 Å². The van der Waals surface area contributed by atoms with Crippen LogP contribution >= 0.6 is 63.7 Å². The fourth-order valence-electron chi connectivity index (χ4n) is 2.01. The maximum absolute atomic E-state index is 12.0. The summed E-state index contributed by atoms with van der Waals surface area (Å²) in [4.78, 5) is 24.0. The minimum Gasteiger partial charge on any atom is -0.507 e. The third-order valence-electron chi connectivity index (χ3n) is 3.25. The molecule has 2 aromatic carbocycles. The number of phenolic OH excluding ortho intramolecular Hbond substituents is 2. The number of benzene rings is 2. The quantitative estimate of drug-likeness (QED) is 0.254. The van der Waals surface area contributed by atoms with E-state index in [1.807, 2.05) is 0 Å². The van der Waals surface area contributed by atoms with Crippen LogP contribution in [0.15, 0.2) is 60.7 Å². The fourth-order valence-corrected chi connectivity index (χ4v) is 3.99. The molecule has 0 fully saturated rings. The van der Waals surface area contributed by atoms with Crippen molar-refractivity contribution in [2.45, 2.75) is 6.84 Å². The van der Waals surface area contributed by atoms with Gasteiger partial charge < -0.3 is 19.7 Å². The van der Waals surface area contributed by atoms with Gasteiger partial charge in [-0.3, -0.25) is 0 Å². The van der Waals surface area contributed by atoms with E-state index in [9.17, 15) is 19.8 Å². The van der Waals surface area contributed by atoms with Crippen LogP contribution in [-0.4, -0.2) is 22.2 Å². The van der Waals surface area contributed by atoms with Gasteiger partial charge in [-0.05, 0) is 88.0 Å². The molecule has 2 rings (SSSR count). The Morgan fingerprint density at radius 3 is 1.36 bits per heavy atom. The van der Waals surface area contributed by atoms with Gasteiger partial charge in [0.2, 0.25) is 0 Å². The zero-order valence-electron chi connectivity index (χ0n) is 13.8. The molecule has 28 heavy (non-hydrogen) atoms. The number of esters is 2. The van der Waals surface area contributed by atoms with Gasteiger partial charge in [-0.1, -0.05) is 24.3 Å². The van der Waals surface area contributed by atoms with Crippen molar-refractivity contribution in [3.05, 3.63) is 71.8 Å². The zero-order valence-corrected chi connectivity index (χ0v) is 20.2. The highest BCUT2D eigenvalue weighted by atomic mass is 79.9. The summed E-state index contributed by atoms with van der Waals surface area (Å²) in [5, 5.41) is 19.7. The van der Waals surface area contributed by atoms with E-state index >= 15 is 0 Å². The SMILES string of the molecule is O=C(/C=C/C(=O)OC(Br)(Br)c1ccccc1O)OC(Br)(Br)c1ccccc1O. The predicted octanol–water partition coefficient (Wildman–Crippen LogP) is 5.24. The van der Waals surface area contributed by atoms with E-state index in [1.54, 1.807) is 36.4 Å². The fraction of sp³-hybridized carbons (Fsp3) is 0.111. The normalized spacial score (nSPS) is 12.0. The molecular formula is C18H12Br4O6. The highest BCUT2D eigenvalue weighted by molar-refractivity contribution is 9.25. The van der Waals surface area contributed by atoms with Crippen LogP contribution in [-0.2, 0) is 25.9 Å². The van der Waals surface area contributed by atoms with Gasteiger partial charge in [-0.2, -0.15) is 0 Å². The summed E-state index contributed by atoms with van der Waals surface area (Å²) in [5.74, 6) is -1.96. The monoisotopic (exact) mass is 640 g/mol. The van der Waals surface area contributed by atoms with Crippen LogP contribution in [0.2, 0.25) is 0 Å². The van der Waals surface area contributed by atoms with E-state index in [0.717, 1.165) is 12.2 Å². The number of para-hydroxylation sites is 2. The van der Waals surface area contributed by atoms with Crippen molar-refractivity contribution >= 4 is 75.7 Å². The van der Waals surface area contributed by atoms with E-state index in [1.165, 1.54) is 12.1 Å². The number of halogens is 4. The molecule has 0 aliphatic rings. The summed E-state index contributed by atoms with van der Waals surface area (Å²) in [7, 11) is 0. The number of hydrogen-bond acceptors (Lipinski definition) is 6. The van der Waals surface area contributed by atoms with Crippen molar-refractivity contribution in [3.8, 4) is 11.5 Å². The molecule has 0 unspecified atom stereocenters. The highest BCUT2D eigenvalue weighted by Gasteiger charge is 2.33. The number of rotatable bonds is 6. The first-order valence-corrected chi connectivity index (χ1v) is 10.7. The van der Waals surface area contributed by atoms with Gasteiger partial charge in [-0.15, -0.1) is 0 Å². The molecule has 0 atom stereocenters. The van der Waals surface area contributed by atoms with Crippen molar-refractivity contribution in [1.82, 2.24) is 0 Å². The van der Waals surface area contributed by atoms with Crippen molar-refractivity contribution < 1.29 is 29.3 Å². The first-order valence-electron chi connectivity index (χ1n) is 7.49. The smallest absolute Gasteiger partial charge is 0.333 e. The predicted molar refractivity (Wildman–Crippen MR) is 117 cm³/mol. The van der Waals surface area contributed by atoms with Crippen molar-refractivity contribution in [2.24, 2.45) is 0 Å². The van der Waals surface area contributed by atoms with Gasteiger partial charge in [0.05, 0.1) is 11.1 Å². The van der Waals surface area contributed by atoms with Gasteiger partial charge in [0.1, 0.15) is 11.5 Å². The molecule has 0 spiro atoms. The van der Waals surface area contributed by atoms with Gasteiger partial charge in [0.25, 0.3) is 6.84 Å². The minimum absolute atomic E-state index is 0.0986. The Morgan fingerprint density at radius 2 is 1.04 bits per heavy atom. The molecular weight excluding hydrogens is 632 g/mol. The van der Waals surface area contributed by atoms with Crippen LogP contribution in [0.5, 0.6) is 11.5 Å². The molecule has 2 N–H and O–H groups in total. The molecule has 0 saturated heterocycles. The molecule has 2 aromatic rings. The van der Waals surface area contributed by atoms with Crippen LogP contribution in [0.4, 0.5) is 0 Å². The van der Waals surface area contributed by atoms with E-state index in [-0.39, 0.29) is 22.6 Å². The highest BCUT2D eigenvalue weighted by Crippen LogP contribution is 2.44. The van der Waals surface area contributed by atoms with Gasteiger partial charge >= 0.3 is 11.9 Å². The van der Waals surface area contributed by atoms with Crippen molar-refractivity contribution in [2.75, 3.05) is 0 Å². The maximum Gasteiger partial charge on any atom is 0.333 e. The summed E-state index contributed by atoms with van der Waals surface area (Å²) in [6, 6.07) is 12.5. The van der Waals surface area contributed by atoms with Gasteiger partial charge in [0.15, 0.2) is 0 Å². The first-order chi connectivity index (χ1) is 13.0. The Labute approximate surface area is 194 Å². The van der Waals surface area contributed by atoms with E-state index < -0.39 is 18.8 Å². The standard InChI is InChI=1S/C18H12Br4O6/c19-17(20,11-5-1-3-7-13(11)23)27-15(25)9-10-16(26)28-18(21,22)12-6-2-4-8-14(12)24/h1-10,23-24H/b10-9+. The van der Waals surface area contributed by atoms with Crippen LogP contribution in [0.1, 0.15) is 11.1 Å². The number of hydrogen-bond donors (Lipinski definition) is 2. The Morgan fingerprint density at radius 1 is 0.714 bits per heavy atom. The van der Waals surface area contributed by atoms with E-state index in [2.05, 4.69) is 63.7 Å². The average molecular weight is 644 g/mol. The second-order valence-electron chi connectivity index (χ2n) is 5.24. The molecule has 148 valence electrons. The lowest BCUT2D eigenvalue weighted by Gasteiger charge is -2.22. The molecule has 0 aliphatic heterocycles. The van der Waals surface area contributed by atoms with E-state index in [4.69, 9.17) is 9.47 Å². The lowest BCUT2D eigenvalue weighted by molar-refractivity contribution is -0.143. The van der Waals surface area contributed by atoms with E-state index in [0.29, 0.717) is 0 Å². The number of carbonyl (C=O) groups is 2. The molecule has 0 bridgehead atoms. The number of aromatic hydroxyl groups is 2. The van der Waals surface area contributed by atoms with Crippen molar-refractivity contribution in [3.63, 3.8) is 0 Å². The molecule has 0 aliphatic carbocycles. The Balaban J connectivity index is 2.03. The summed E-state index contributed by atoms with van der Waals surface area (Å²) >= 11 is 12.6. The van der Waals surface area contributed by atoms with Crippen LogP contribution in [0.25, 0.3) is 0 Å². The second-order valence-corrected chi connectivity index (χ2v) is 11.8. The molecule has 10 heteroatoms. The third kappa shape index (κ3) is 6.07. The number of alkyl halides is 4. The minimum atomic E-state index is -1.49. The molecule has 0 amide bonds. The van der Waals surface area contributed by atoms with Gasteiger partial charge in [-0.25, -0.2) is 9.59 Å². The molecule has 0 aromatic heterocycles. The third-order valence-corrected chi connectivity index (χ3v) is 5.60. The molecule has 6 nitrogen and oxygen atoms in total.